The quantitative estimate of drug-likeness (QED) is 0.147. The summed E-state index contributed by atoms with van der Waals surface area (Å²) in [7, 11) is 1.42. The van der Waals surface area contributed by atoms with E-state index in [0.29, 0.717) is 12.3 Å². The van der Waals surface area contributed by atoms with Gasteiger partial charge in [-0.2, -0.15) is 0 Å². The molecule has 0 bridgehead atoms. The topological polar surface area (TPSA) is 220 Å². The maximum absolute atomic E-state index is 12.8. The predicted molar refractivity (Wildman–Crippen MR) is 181 cm³/mol. The standard InChI is InChI=1S/C38H58O15/c1-17-32(53-34-30(44)29(43)28(42)25(15-39)52-34)33(47-5)31(45)35(49-17)51-21-8-10-36(3)20(13-21)6-7-23-22(36)9-11-37(4)27(19-12-26(41)48-16-19)24(50-18(2)40)14-38(23,37)46/h12,17,20-25,27-35,39,42-46H,6-11,13-16H2,1-5H3/t17-,20-,21+,22+,23-,24+,25-,27+,28-,29+,30-,31-,32+,33-,34+,35+,36+,37-,38+/m1/s1. The van der Waals surface area contributed by atoms with E-state index < -0.39 is 97.1 Å². The Labute approximate surface area is 309 Å². The van der Waals surface area contributed by atoms with Gasteiger partial charge >= 0.3 is 11.9 Å². The van der Waals surface area contributed by atoms with Crippen molar-refractivity contribution in [3.8, 4) is 0 Å². The van der Waals surface area contributed by atoms with E-state index in [0.717, 1.165) is 50.5 Å². The van der Waals surface area contributed by atoms with E-state index in [1.807, 2.05) is 0 Å². The summed E-state index contributed by atoms with van der Waals surface area (Å²) in [6, 6.07) is 0. The van der Waals surface area contributed by atoms with Crippen molar-refractivity contribution in [3.05, 3.63) is 11.6 Å². The van der Waals surface area contributed by atoms with E-state index in [1.54, 1.807) is 6.92 Å². The molecule has 0 amide bonds. The number of carbonyl (C=O) groups excluding carboxylic acids is 2. The van der Waals surface area contributed by atoms with Gasteiger partial charge in [-0.1, -0.05) is 13.8 Å². The first kappa shape index (κ1) is 39.5. The number of hydrogen-bond acceptors (Lipinski definition) is 15. The molecule has 19 atom stereocenters. The van der Waals surface area contributed by atoms with Crippen molar-refractivity contribution < 1.29 is 73.4 Å². The Hall–Kier alpha value is -1.76. The van der Waals surface area contributed by atoms with E-state index in [4.69, 9.17) is 33.2 Å². The maximum atomic E-state index is 12.8. The van der Waals surface area contributed by atoms with Crippen molar-refractivity contribution in [2.24, 2.45) is 34.5 Å². The first-order chi connectivity index (χ1) is 25.1. The summed E-state index contributed by atoms with van der Waals surface area (Å²) < 4.78 is 41.0. The monoisotopic (exact) mass is 754 g/mol. The minimum absolute atomic E-state index is 0.00547. The molecule has 15 heteroatoms. The number of carbonyl (C=O) groups is 2. The van der Waals surface area contributed by atoms with Gasteiger partial charge in [0.2, 0.25) is 0 Å². The van der Waals surface area contributed by atoms with Crippen LogP contribution in [0.2, 0.25) is 0 Å². The molecular formula is C38H58O15. The van der Waals surface area contributed by atoms with E-state index in [9.17, 15) is 40.2 Å². The van der Waals surface area contributed by atoms with Crippen molar-refractivity contribution >= 4 is 11.9 Å². The lowest BCUT2D eigenvalue weighted by atomic mass is 9.43. The second kappa shape index (κ2) is 14.6. The Balaban J connectivity index is 1.02. The Bertz CT molecular complexity index is 1410. The van der Waals surface area contributed by atoms with Gasteiger partial charge in [0.1, 0.15) is 55.4 Å². The Morgan fingerprint density at radius 1 is 0.925 bits per heavy atom. The van der Waals surface area contributed by atoms with E-state index >= 15 is 0 Å². The van der Waals surface area contributed by atoms with E-state index in [1.165, 1.54) is 20.1 Å². The second-order valence-electron chi connectivity index (χ2n) is 17.3. The van der Waals surface area contributed by atoms with Gasteiger partial charge in [-0.15, -0.1) is 0 Å². The largest absolute Gasteiger partial charge is 0.462 e. The number of rotatable bonds is 8. The molecule has 4 aliphatic carbocycles. The van der Waals surface area contributed by atoms with Crippen molar-refractivity contribution in [1.29, 1.82) is 0 Å². The molecule has 300 valence electrons. The maximum Gasteiger partial charge on any atom is 0.331 e. The molecule has 0 radical (unpaired) electrons. The van der Waals surface area contributed by atoms with Crippen LogP contribution in [-0.2, 0) is 42.7 Å². The number of aliphatic hydroxyl groups excluding tert-OH is 5. The zero-order valence-electron chi connectivity index (χ0n) is 31.2. The highest BCUT2D eigenvalue weighted by Gasteiger charge is 2.71. The molecule has 3 heterocycles. The molecule has 15 nitrogen and oxygen atoms in total. The summed E-state index contributed by atoms with van der Waals surface area (Å²) in [6.45, 7) is 7.09. The van der Waals surface area contributed by atoms with Crippen molar-refractivity contribution in [3.63, 3.8) is 0 Å². The van der Waals surface area contributed by atoms with Crippen LogP contribution >= 0.6 is 0 Å². The summed E-state index contributed by atoms with van der Waals surface area (Å²) in [5.74, 6) is -0.574. The lowest BCUT2D eigenvalue weighted by Gasteiger charge is -2.63. The van der Waals surface area contributed by atoms with Crippen LogP contribution in [0.15, 0.2) is 11.6 Å². The van der Waals surface area contributed by atoms with Crippen molar-refractivity contribution in [2.45, 2.75) is 158 Å². The summed E-state index contributed by atoms with van der Waals surface area (Å²) in [5.41, 5.74) is -0.960. The third-order valence-electron chi connectivity index (χ3n) is 14.7. The van der Waals surface area contributed by atoms with Crippen LogP contribution < -0.4 is 0 Å². The summed E-state index contributed by atoms with van der Waals surface area (Å²) >= 11 is 0. The molecule has 0 aromatic heterocycles. The SMILES string of the molecule is CO[C@@H]1[C@@H](O)[C@H](O[C@H]2CC[C@@]3(C)[C@H](CC[C@@H]4[C@@H]3CC[C@]3(C)[C@@H](C5=CC(=O)OC5)[C@@H](OC(C)=O)C[C@]43O)C2)O[C@H](C)[C@@H]1O[C@@H]1O[C@H](CO)[C@@H](O)[C@H](O)[C@H]1O. The fourth-order valence-electron chi connectivity index (χ4n) is 11.9. The van der Waals surface area contributed by atoms with E-state index in [-0.39, 0.29) is 35.9 Å². The fraction of sp³-hybridized carbons (Fsp3) is 0.895. The second-order valence-corrected chi connectivity index (χ2v) is 17.3. The van der Waals surface area contributed by atoms with Gasteiger partial charge in [0, 0.05) is 37.9 Å². The number of ether oxygens (including phenoxy) is 7. The number of aliphatic hydroxyl groups is 6. The number of cyclic esters (lactones) is 1. The highest BCUT2D eigenvalue weighted by molar-refractivity contribution is 5.85. The highest BCUT2D eigenvalue weighted by Crippen LogP contribution is 2.70. The minimum Gasteiger partial charge on any atom is -0.462 e. The molecular weight excluding hydrogens is 696 g/mol. The van der Waals surface area contributed by atoms with Crippen molar-refractivity contribution in [1.82, 2.24) is 0 Å². The highest BCUT2D eigenvalue weighted by atomic mass is 16.7. The van der Waals surface area contributed by atoms with Gasteiger partial charge in [0.05, 0.1) is 24.4 Å². The van der Waals surface area contributed by atoms with Gasteiger partial charge in [-0.05, 0) is 80.6 Å². The van der Waals surface area contributed by atoms with Crippen LogP contribution in [-0.4, -0.2) is 142 Å². The molecule has 53 heavy (non-hydrogen) atoms. The molecule has 6 N–H and O–H groups in total. The Kier molecular flexibility index (Phi) is 10.9. The predicted octanol–water partition coefficient (Wildman–Crippen LogP) is 0.476. The molecule has 3 aliphatic heterocycles. The molecule has 7 aliphatic rings. The van der Waals surface area contributed by atoms with Crippen LogP contribution in [0.4, 0.5) is 0 Å². The van der Waals surface area contributed by atoms with Crippen LogP contribution in [0.5, 0.6) is 0 Å². The first-order valence-electron chi connectivity index (χ1n) is 19.3. The lowest BCUT2D eigenvalue weighted by molar-refractivity contribution is -0.362. The van der Waals surface area contributed by atoms with Crippen molar-refractivity contribution in [2.75, 3.05) is 20.3 Å². The number of hydrogen-bond donors (Lipinski definition) is 6. The van der Waals surface area contributed by atoms with Gasteiger partial charge in [-0.25, -0.2) is 4.79 Å². The number of fused-ring (bicyclic) bond motifs is 5. The third-order valence-corrected chi connectivity index (χ3v) is 14.7. The summed E-state index contributed by atoms with van der Waals surface area (Å²) in [6.07, 6.45) is -5.51. The average Bonchev–Trinajstić information content (AvgIpc) is 3.63. The Morgan fingerprint density at radius 3 is 2.32 bits per heavy atom. The first-order valence-corrected chi connectivity index (χ1v) is 19.3. The Morgan fingerprint density at radius 2 is 1.66 bits per heavy atom. The van der Waals surface area contributed by atoms with Gasteiger partial charge < -0.3 is 63.8 Å². The molecule has 2 saturated heterocycles. The normalized spacial score (nSPS) is 52.5. The van der Waals surface area contributed by atoms with Crippen LogP contribution in [0.1, 0.15) is 79.1 Å². The number of methoxy groups -OCH3 is 1. The average molecular weight is 755 g/mol. The molecule has 4 saturated carbocycles. The summed E-state index contributed by atoms with van der Waals surface area (Å²) in [5, 5.41) is 64.8. The van der Waals surface area contributed by atoms with Crippen LogP contribution in [0.3, 0.4) is 0 Å². The molecule has 0 aromatic rings. The molecule has 7 rings (SSSR count). The smallest absolute Gasteiger partial charge is 0.331 e. The zero-order chi connectivity index (χ0) is 38.2. The van der Waals surface area contributed by atoms with Gasteiger partial charge in [0.15, 0.2) is 12.6 Å². The van der Waals surface area contributed by atoms with Gasteiger partial charge in [0.25, 0.3) is 0 Å². The number of esters is 2. The van der Waals surface area contributed by atoms with Gasteiger partial charge in [-0.3, -0.25) is 4.79 Å². The zero-order valence-corrected chi connectivity index (χ0v) is 31.2. The molecule has 0 spiro atoms. The summed E-state index contributed by atoms with van der Waals surface area (Å²) in [4.78, 5) is 24.4. The molecule has 0 unspecified atom stereocenters. The van der Waals surface area contributed by atoms with Crippen LogP contribution in [0.25, 0.3) is 0 Å². The fourth-order valence-corrected chi connectivity index (χ4v) is 11.9. The lowest BCUT2D eigenvalue weighted by Crippen LogP contribution is -2.64. The minimum atomic E-state index is -1.62. The molecule has 6 fully saturated rings. The third kappa shape index (κ3) is 6.49. The van der Waals surface area contributed by atoms with Crippen LogP contribution in [0, 0.1) is 34.5 Å². The molecule has 0 aromatic carbocycles. The van der Waals surface area contributed by atoms with E-state index in [2.05, 4.69) is 13.8 Å².